The van der Waals surface area contributed by atoms with Gasteiger partial charge in [-0.05, 0) is 0 Å². The summed E-state index contributed by atoms with van der Waals surface area (Å²) in [4.78, 5) is 0. The third-order valence-electron chi connectivity index (χ3n) is 1.41. The second-order valence-electron chi connectivity index (χ2n) is 2.53. The van der Waals surface area contributed by atoms with Crippen LogP contribution in [0.4, 0.5) is 0 Å². The normalized spacial score (nSPS) is 9.00. The molecule has 0 aliphatic carbocycles. The van der Waals surface area contributed by atoms with Crippen LogP contribution in [0.1, 0.15) is 39.5 Å². The molecule has 0 aliphatic rings. The standard InChI is InChI=1S/2C4H9.2ClH.2Sn/c2*1-3-4-2;;;;/h2*1,3-4H2,2H3;2*1H;;/q;;;;;+2/p-2. The fourth-order valence-corrected chi connectivity index (χ4v) is 4.89. The Kier molecular flexibility index (Phi) is 26.1. The van der Waals surface area contributed by atoms with Gasteiger partial charge >= 0.3 is 106 Å². The number of hydrogen-bond acceptors (Lipinski definition) is 0. The minimum absolute atomic E-state index is 0.149. The number of hydrogen-bond donors (Lipinski definition) is 0. The quantitative estimate of drug-likeness (QED) is 0.446. The molecule has 0 aliphatic heterocycles. The first kappa shape index (κ1) is 16.6. The predicted octanol–water partition coefficient (Wildman–Crippen LogP) is 4.13. The summed E-state index contributed by atoms with van der Waals surface area (Å²) < 4.78 is 3.25. The molecule has 0 saturated heterocycles. The van der Waals surface area contributed by atoms with Crippen LogP contribution < -0.4 is 0 Å². The van der Waals surface area contributed by atoms with Gasteiger partial charge in [0.2, 0.25) is 0 Å². The first-order chi connectivity index (χ1) is 5.83. The molecule has 0 unspecified atom stereocenters. The van der Waals surface area contributed by atoms with Crippen molar-refractivity contribution < 1.29 is 0 Å². The Morgan fingerprint density at radius 3 is 1.50 bits per heavy atom. The summed E-state index contributed by atoms with van der Waals surface area (Å²) >= 11 is -0.676. The Bertz CT molecular complexity index is 57.0. The Balaban J connectivity index is 0. The van der Waals surface area contributed by atoms with Crippen LogP contribution >= 0.6 is 17.8 Å². The molecule has 0 heterocycles. The van der Waals surface area contributed by atoms with Crippen LogP contribution in [0.3, 0.4) is 0 Å². The van der Waals surface area contributed by atoms with Gasteiger partial charge in [0.25, 0.3) is 0 Å². The van der Waals surface area contributed by atoms with Crippen molar-refractivity contribution in [3.05, 3.63) is 0 Å². The molecule has 0 aromatic carbocycles. The maximum atomic E-state index is 4.93. The van der Waals surface area contributed by atoms with E-state index < -0.39 is 18.9 Å². The zero-order chi connectivity index (χ0) is 9.66. The molecule has 0 spiro atoms. The van der Waals surface area contributed by atoms with Crippen molar-refractivity contribution in [1.82, 2.24) is 0 Å². The number of rotatable bonds is 6. The summed E-state index contributed by atoms with van der Waals surface area (Å²) in [5, 5.41) is 0. The van der Waals surface area contributed by atoms with Gasteiger partial charge in [-0.15, -0.1) is 0 Å². The van der Waals surface area contributed by atoms with Crippen LogP contribution in [0, 0.1) is 0 Å². The van der Waals surface area contributed by atoms with Crippen molar-refractivity contribution >= 4 is 57.9 Å². The maximum absolute atomic E-state index is 4.93. The van der Waals surface area contributed by atoms with Gasteiger partial charge in [-0.3, -0.25) is 0 Å². The van der Waals surface area contributed by atoms with Crippen LogP contribution in [-0.4, -0.2) is 40.0 Å². The van der Waals surface area contributed by atoms with Gasteiger partial charge in [-0.25, -0.2) is 0 Å². The van der Waals surface area contributed by atoms with E-state index in [0.717, 1.165) is 0 Å². The number of halogens is 2. The molecule has 0 bridgehead atoms. The molecule has 72 valence electrons. The molecule has 0 aromatic heterocycles. The third kappa shape index (κ3) is 22.8. The van der Waals surface area contributed by atoms with Crippen molar-refractivity contribution in [2.24, 2.45) is 0 Å². The molecule has 0 atom stereocenters. The summed E-state index contributed by atoms with van der Waals surface area (Å²) in [6, 6.07) is 0. The Morgan fingerprint density at radius 2 is 1.25 bits per heavy atom. The van der Waals surface area contributed by atoms with Crippen LogP contribution in [0.2, 0.25) is 8.87 Å². The van der Waals surface area contributed by atoms with Gasteiger partial charge in [0, 0.05) is 0 Å². The van der Waals surface area contributed by atoms with E-state index in [1.54, 1.807) is 8.87 Å². The van der Waals surface area contributed by atoms with E-state index in [4.69, 9.17) is 17.8 Å². The molecule has 12 heavy (non-hydrogen) atoms. The summed E-state index contributed by atoms with van der Waals surface area (Å²) in [5.74, 6) is 0. The molecule has 0 fully saturated rings. The summed E-state index contributed by atoms with van der Waals surface area (Å²) in [6.45, 7) is 4.58. The molecule has 0 amide bonds. The van der Waals surface area contributed by atoms with E-state index in [9.17, 15) is 0 Å². The minimum atomic E-state index is -0.826. The van der Waals surface area contributed by atoms with Gasteiger partial charge in [-0.1, -0.05) is 0 Å². The van der Waals surface area contributed by atoms with Crippen LogP contribution in [0.25, 0.3) is 0 Å². The van der Waals surface area contributed by atoms with Gasteiger partial charge in [0.1, 0.15) is 0 Å². The van der Waals surface area contributed by atoms with E-state index in [1.165, 1.54) is 25.7 Å². The zero-order valence-corrected chi connectivity index (χ0v) is 15.2. The second kappa shape index (κ2) is 18.9. The van der Waals surface area contributed by atoms with Crippen LogP contribution in [-0.2, 0) is 0 Å². The molecule has 4 radical (unpaired) electrons. The first-order valence-corrected chi connectivity index (χ1v) is 15.8. The molecule has 4 heteroatoms. The van der Waals surface area contributed by atoms with Gasteiger partial charge in [-0.2, -0.15) is 0 Å². The molecular weight excluding hydrogens is 404 g/mol. The van der Waals surface area contributed by atoms with Crippen molar-refractivity contribution in [3.8, 4) is 0 Å². The van der Waals surface area contributed by atoms with Crippen molar-refractivity contribution in [1.29, 1.82) is 0 Å². The van der Waals surface area contributed by atoms with Gasteiger partial charge < -0.3 is 0 Å². The molecule has 0 saturated carbocycles. The van der Waals surface area contributed by atoms with E-state index in [2.05, 4.69) is 13.8 Å². The fraction of sp³-hybridized carbons (Fsp3) is 1.00. The summed E-state index contributed by atoms with van der Waals surface area (Å²) in [6.07, 6.45) is 5.84. The Morgan fingerprint density at radius 1 is 0.917 bits per heavy atom. The predicted molar refractivity (Wildman–Crippen MR) is 62.6 cm³/mol. The topological polar surface area (TPSA) is 0 Å². The van der Waals surface area contributed by atoms with E-state index >= 15 is 0 Å². The van der Waals surface area contributed by atoms with Crippen LogP contribution in [0.5, 0.6) is 0 Å². The molecular formula is C8H18Cl2Sn2. The first-order valence-electron chi connectivity index (χ1n) is 4.50. The van der Waals surface area contributed by atoms with E-state index in [-0.39, 0.29) is 21.1 Å². The zero-order valence-electron chi connectivity index (χ0n) is 8.00. The summed E-state index contributed by atoms with van der Waals surface area (Å²) in [7, 11) is 9.87. The monoisotopic (exact) mass is 424 g/mol. The average molecular weight is 423 g/mol. The van der Waals surface area contributed by atoms with Gasteiger partial charge in [0.15, 0.2) is 0 Å². The molecule has 0 rings (SSSR count). The summed E-state index contributed by atoms with van der Waals surface area (Å²) in [5.41, 5.74) is 0. The SMILES string of the molecule is CCC[CH2][Sn][CH2]CCC.[Cl][Sn][Cl]. The fourth-order valence-electron chi connectivity index (χ4n) is 0.729. The van der Waals surface area contributed by atoms with Crippen molar-refractivity contribution in [2.45, 2.75) is 48.4 Å². The van der Waals surface area contributed by atoms with Crippen molar-refractivity contribution in [3.63, 3.8) is 0 Å². The molecule has 0 N–H and O–H groups in total. The van der Waals surface area contributed by atoms with E-state index in [0.29, 0.717) is 0 Å². The molecule has 0 nitrogen and oxygen atoms in total. The van der Waals surface area contributed by atoms with Gasteiger partial charge in [0.05, 0.1) is 0 Å². The average Bonchev–Trinajstić information content (AvgIpc) is 2.06. The van der Waals surface area contributed by atoms with E-state index in [1.807, 2.05) is 0 Å². The number of unbranched alkanes of at least 4 members (excludes halogenated alkanes) is 2. The van der Waals surface area contributed by atoms with Crippen molar-refractivity contribution in [2.75, 3.05) is 0 Å². The van der Waals surface area contributed by atoms with Crippen LogP contribution in [0.15, 0.2) is 0 Å². The second-order valence-corrected chi connectivity index (χ2v) is 11.1. The third-order valence-corrected chi connectivity index (χ3v) is 5.45. The Labute approximate surface area is 105 Å². The Hall–Kier alpha value is 2.18. The molecule has 0 aromatic rings.